The molecule has 21 heavy (non-hydrogen) atoms. The van der Waals surface area contributed by atoms with Crippen molar-refractivity contribution < 1.29 is 4.21 Å². The van der Waals surface area contributed by atoms with Crippen molar-refractivity contribution in [1.29, 1.82) is 0 Å². The molecular weight excluding hydrogens is 397 g/mol. The van der Waals surface area contributed by atoms with E-state index in [4.69, 9.17) is 0 Å². The number of hydrogen-bond acceptors (Lipinski definition) is 2. The van der Waals surface area contributed by atoms with Gasteiger partial charge >= 0.3 is 0 Å². The molecule has 1 aliphatic carbocycles. The number of nitrogens with one attached hydrogen (secondary N) is 2. The highest BCUT2D eigenvalue weighted by atomic mass is 127. The van der Waals surface area contributed by atoms with Gasteiger partial charge in [0.15, 0.2) is 5.96 Å². The van der Waals surface area contributed by atoms with Crippen LogP contribution in [-0.2, 0) is 16.6 Å². The predicted octanol–water partition coefficient (Wildman–Crippen LogP) is 2.13. The first-order valence-electron chi connectivity index (χ1n) is 7.11. The third kappa shape index (κ3) is 7.80. The molecule has 1 saturated carbocycles. The molecule has 1 aromatic rings. The summed E-state index contributed by atoms with van der Waals surface area (Å²) >= 11 is 0. The van der Waals surface area contributed by atoms with Crippen molar-refractivity contribution in [3.63, 3.8) is 0 Å². The Morgan fingerprint density at radius 3 is 2.62 bits per heavy atom. The zero-order chi connectivity index (χ0) is 14.2. The number of benzene rings is 1. The zero-order valence-electron chi connectivity index (χ0n) is 12.4. The molecule has 2 rings (SSSR count). The molecule has 118 valence electrons. The first-order valence-corrected chi connectivity index (χ1v) is 8.60. The summed E-state index contributed by atoms with van der Waals surface area (Å²) in [5.74, 6) is 2.89. The molecule has 2 N–H and O–H groups in total. The van der Waals surface area contributed by atoms with E-state index in [2.05, 4.69) is 15.6 Å². The van der Waals surface area contributed by atoms with Crippen molar-refractivity contribution in [3.8, 4) is 0 Å². The second-order valence-electron chi connectivity index (χ2n) is 5.10. The zero-order valence-corrected chi connectivity index (χ0v) is 15.5. The first-order chi connectivity index (χ1) is 9.78. The SMILES string of the molecule is CN=C(NCCS(=O)Cc1ccccc1)NCC1CC1.I. The molecule has 0 aliphatic heterocycles. The summed E-state index contributed by atoms with van der Waals surface area (Å²) in [6, 6.07) is 9.97. The van der Waals surface area contributed by atoms with Crippen molar-refractivity contribution in [2.45, 2.75) is 18.6 Å². The molecule has 4 nitrogen and oxygen atoms in total. The average molecular weight is 421 g/mol. The summed E-state index contributed by atoms with van der Waals surface area (Å²) in [7, 11) is 0.932. The summed E-state index contributed by atoms with van der Waals surface area (Å²) in [5, 5.41) is 6.51. The van der Waals surface area contributed by atoms with E-state index in [1.54, 1.807) is 7.05 Å². The summed E-state index contributed by atoms with van der Waals surface area (Å²) in [4.78, 5) is 4.16. The molecule has 1 aromatic carbocycles. The van der Waals surface area contributed by atoms with Crippen LogP contribution in [0.4, 0.5) is 0 Å². The normalized spacial score (nSPS) is 16.0. The molecule has 0 saturated heterocycles. The van der Waals surface area contributed by atoms with E-state index in [9.17, 15) is 4.21 Å². The van der Waals surface area contributed by atoms with E-state index in [-0.39, 0.29) is 24.0 Å². The number of hydrogen-bond donors (Lipinski definition) is 2. The van der Waals surface area contributed by atoms with Gasteiger partial charge < -0.3 is 10.6 Å². The predicted molar refractivity (Wildman–Crippen MR) is 101 cm³/mol. The fourth-order valence-electron chi connectivity index (χ4n) is 1.90. The van der Waals surface area contributed by atoms with E-state index >= 15 is 0 Å². The molecule has 0 aromatic heterocycles. The Morgan fingerprint density at radius 1 is 1.29 bits per heavy atom. The van der Waals surface area contributed by atoms with Crippen molar-refractivity contribution in [3.05, 3.63) is 35.9 Å². The lowest BCUT2D eigenvalue weighted by Crippen LogP contribution is -2.40. The minimum Gasteiger partial charge on any atom is -0.356 e. The highest BCUT2D eigenvalue weighted by Gasteiger charge is 2.20. The number of aliphatic imine (C=N–C) groups is 1. The summed E-state index contributed by atoms with van der Waals surface area (Å²) < 4.78 is 12.0. The van der Waals surface area contributed by atoms with Crippen molar-refractivity contribution in [2.24, 2.45) is 10.9 Å². The van der Waals surface area contributed by atoms with Gasteiger partial charge in [0.2, 0.25) is 0 Å². The minimum atomic E-state index is -0.835. The second-order valence-corrected chi connectivity index (χ2v) is 6.67. The molecule has 1 fully saturated rings. The van der Waals surface area contributed by atoms with Crippen LogP contribution in [0.2, 0.25) is 0 Å². The van der Waals surface area contributed by atoms with E-state index < -0.39 is 10.8 Å². The third-order valence-electron chi connectivity index (χ3n) is 3.27. The topological polar surface area (TPSA) is 53.5 Å². The van der Waals surface area contributed by atoms with Gasteiger partial charge in [0.05, 0.1) is 0 Å². The van der Waals surface area contributed by atoms with Gasteiger partial charge in [-0.25, -0.2) is 0 Å². The third-order valence-corrected chi connectivity index (χ3v) is 4.59. The standard InChI is InChI=1S/C15H23N3OS.HI/c1-16-15(18-11-13-7-8-13)17-9-10-20(19)12-14-5-3-2-4-6-14;/h2-6,13H,7-12H2,1H3,(H2,16,17,18);1H. The van der Waals surface area contributed by atoms with Crippen LogP contribution < -0.4 is 10.6 Å². The van der Waals surface area contributed by atoms with Crippen LogP contribution in [0, 0.1) is 5.92 Å². The molecule has 6 heteroatoms. The fraction of sp³-hybridized carbons (Fsp3) is 0.533. The Kier molecular flexibility index (Phi) is 8.91. The van der Waals surface area contributed by atoms with Crippen molar-refractivity contribution in [2.75, 3.05) is 25.9 Å². The van der Waals surface area contributed by atoms with Crippen LogP contribution in [0.25, 0.3) is 0 Å². The van der Waals surface area contributed by atoms with E-state index in [1.807, 2.05) is 30.3 Å². The van der Waals surface area contributed by atoms with Gasteiger partial charge in [-0.3, -0.25) is 9.20 Å². The first kappa shape index (κ1) is 18.4. The second kappa shape index (κ2) is 10.2. The van der Waals surface area contributed by atoms with Crippen molar-refractivity contribution >= 4 is 40.7 Å². The molecule has 0 bridgehead atoms. The van der Waals surface area contributed by atoms with Crippen LogP contribution in [0.3, 0.4) is 0 Å². The quantitative estimate of drug-likeness (QED) is 0.403. The Labute approximate surface area is 146 Å². The molecule has 0 radical (unpaired) electrons. The van der Waals surface area contributed by atoms with Crippen LogP contribution >= 0.6 is 24.0 Å². The number of rotatable bonds is 7. The molecule has 1 atom stereocenters. The maximum absolute atomic E-state index is 12.0. The summed E-state index contributed by atoms with van der Waals surface area (Å²) in [6.45, 7) is 1.68. The number of nitrogens with zero attached hydrogens (tertiary/aromatic N) is 1. The fourth-order valence-corrected chi connectivity index (χ4v) is 2.94. The lowest BCUT2D eigenvalue weighted by atomic mass is 10.2. The molecular formula is C15H24IN3OS. The smallest absolute Gasteiger partial charge is 0.191 e. The number of guanidine groups is 1. The van der Waals surface area contributed by atoms with E-state index in [0.29, 0.717) is 18.1 Å². The Morgan fingerprint density at radius 2 is 2.00 bits per heavy atom. The van der Waals surface area contributed by atoms with Crippen molar-refractivity contribution in [1.82, 2.24) is 10.6 Å². The average Bonchev–Trinajstić information content (AvgIpc) is 3.28. The monoisotopic (exact) mass is 421 g/mol. The van der Waals surface area contributed by atoms with Gasteiger partial charge in [-0.2, -0.15) is 0 Å². The Hall–Kier alpha value is -0.630. The maximum Gasteiger partial charge on any atom is 0.191 e. The highest BCUT2D eigenvalue weighted by molar-refractivity contribution is 14.0. The van der Waals surface area contributed by atoms with Gasteiger partial charge in [0.25, 0.3) is 0 Å². The number of halogens is 1. The lowest BCUT2D eigenvalue weighted by molar-refractivity contribution is 0.680. The summed E-state index contributed by atoms with van der Waals surface area (Å²) in [6.07, 6.45) is 2.65. The van der Waals surface area contributed by atoms with E-state index in [0.717, 1.165) is 24.0 Å². The molecule has 0 heterocycles. The molecule has 1 aliphatic rings. The van der Waals surface area contributed by atoms with Gasteiger partial charge in [0.1, 0.15) is 0 Å². The Balaban J connectivity index is 0.00000220. The summed E-state index contributed by atoms with van der Waals surface area (Å²) in [5.41, 5.74) is 1.13. The minimum absolute atomic E-state index is 0. The van der Waals surface area contributed by atoms with Crippen LogP contribution in [0.1, 0.15) is 18.4 Å². The highest BCUT2D eigenvalue weighted by Crippen LogP contribution is 2.27. The lowest BCUT2D eigenvalue weighted by Gasteiger charge is -2.11. The van der Waals surface area contributed by atoms with Crippen LogP contribution in [0.5, 0.6) is 0 Å². The Bertz CT molecular complexity index is 463. The van der Waals surface area contributed by atoms with Gasteiger partial charge in [-0.05, 0) is 24.3 Å². The van der Waals surface area contributed by atoms with Crippen LogP contribution in [-0.4, -0.2) is 36.1 Å². The van der Waals surface area contributed by atoms with Gasteiger partial charge in [-0.1, -0.05) is 30.3 Å². The molecule has 0 spiro atoms. The largest absolute Gasteiger partial charge is 0.356 e. The van der Waals surface area contributed by atoms with Gasteiger partial charge in [0, 0.05) is 42.4 Å². The molecule has 0 amide bonds. The van der Waals surface area contributed by atoms with Crippen LogP contribution in [0.15, 0.2) is 35.3 Å². The molecule has 1 unspecified atom stereocenters. The maximum atomic E-state index is 12.0. The van der Waals surface area contributed by atoms with E-state index in [1.165, 1.54) is 12.8 Å². The van der Waals surface area contributed by atoms with Gasteiger partial charge in [-0.15, -0.1) is 24.0 Å².